The maximum absolute atomic E-state index is 4.82. The van der Waals surface area contributed by atoms with E-state index in [1.165, 1.54) is 16.3 Å². The third-order valence-corrected chi connectivity index (χ3v) is 5.90. The number of aliphatic imine (C=N–C) groups is 1. The highest BCUT2D eigenvalue weighted by molar-refractivity contribution is 14.0. The zero-order chi connectivity index (χ0) is 21.6. The summed E-state index contributed by atoms with van der Waals surface area (Å²) in [6.45, 7) is 11.8. The van der Waals surface area contributed by atoms with E-state index in [0.29, 0.717) is 13.1 Å². The van der Waals surface area contributed by atoms with Gasteiger partial charge < -0.3 is 14.8 Å². The average Bonchev–Trinajstić information content (AvgIpc) is 3.12. The Balaban J connectivity index is 0.00000289. The second kappa shape index (κ2) is 11.4. The fourth-order valence-electron chi connectivity index (χ4n) is 3.95. The molecule has 1 N–H and O–H groups in total. The Morgan fingerprint density at radius 2 is 1.84 bits per heavy atom. The van der Waals surface area contributed by atoms with Crippen LogP contribution in [0.5, 0.6) is 0 Å². The number of guanidine groups is 1. The molecular formula is C24H32IN7. The summed E-state index contributed by atoms with van der Waals surface area (Å²) >= 11 is 0. The van der Waals surface area contributed by atoms with Crippen molar-refractivity contribution in [3.8, 4) is 0 Å². The largest absolute Gasteiger partial charge is 0.353 e. The molecule has 1 aliphatic rings. The third kappa shape index (κ3) is 5.66. The molecular weight excluding hydrogens is 513 g/mol. The van der Waals surface area contributed by atoms with Crippen LogP contribution in [-0.4, -0.2) is 63.2 Å². The Hall–Kier alpha value is -2.46. The van der Waals surface area contributed by atoms with Crippen LogP contribution in [0, 0.1) is 6.92 Å². The van der Waals surface area contributed by atoms with Crippen molar-refractivity contribution in [2.75, 3.05) is 32.7 Å². The Morgan fingerprint density at radius 3 is 2.56 bits per heavy atom. The molecule has 1 fully saturated rings. The van der Waals surface area contributed by atoms with E-state index in [1.54, 1.807) is 0 Å². The predicted octanol–water partition coefficient (Wildman–Crippen LogP) is 3.34. The number of nitrogens with one attached hydrogen (secondary N) is 1. The summed E-state index contributed by atoms with van der Waals surface area (Å²) in [6.07, 6.45) is 1.86. The fourth-order valence-corrected chi connectivity index (χ4v) is 3.95. The van der Waals surface area contributed by atoms with Crippen LogP contribution in [0.1, 0.15) is 17.2 Å². The molecule has 1 aromatic heterocycles. The van der Waals surface area contributed by atoms with E-state index in [2.05, 4.69) is 74.4 Å². The number of halogens is 1. The van der Waals surface area contributed by atoms with Crippen LogP contribution < -0.4 is 5.32 Å². The SMILES string of the molecule is C=CCNC(=NCc1nnc(C)n1C)N1CCN(Cc2cccc3ccccc23)CC1.I. The van der Waals surface area contributed by atoms with E-state index in [4.69, 9.17) is 4.99 Å². The zero-order valence-electron chi connectivity index (χ0n) is 18.9. The summed E-state index contributed by atoms with van der Waals surface area (Å²) < 4.78 is 1.98. The molecule has 2 aromatic carbocycles. The minimum atomic E-state index is 0. The Labute approximate surface area is 207 Å². The number of benzene rings is 2. The molecule has 170 valence electrons. The van der Waals surface area contributed by atoms with Gasteiger partial charge in [0.25, 0.3) is 0 Å². The van der Waals surface area contributed by atoms with Gasteiger partial charge in [-0.05, 0) is 23.3 Å². The highest BCUT2D eigenvalue weighted by atomic mass is 127. The van der Waals surface area contributed by atoms with Crippen LogP contribution in [0.15, 0.2) is 60.1 Å². The van der Waals surface area contributed by atoms with Gasteiger partial charge in [-0.15, -0.1) is 40.8 Å². The van der Waals surface area contributed by atoms with Crippen molar-refractivity contribution in [2.24, 2.45) is 12.0 Å². The van der Waals surface area contributed by atoms with Gasteiger partial charge in [-0.3, -0.25) is 4.90 Å². The number of aryl methyl sites for hydroxylation is 1. The van der Waals surface area contributed by atoms with Crippen molar-refractivity contribution < 1.29 is 0 Å². The Bertz CT molecular complexity index is 1060. The maximum Gasteiger partial charge on any atom is 0.194 e. The van der Waals surface area contributed by atoms with E-state index < -0.39 is 0 Å². The van der Waals surface area contributed by atoms with Crippen molar-refractivity contribution in [1.29, 1.82) is 0 Å². The van der Waals surface area contributed by atoms with E-state index >= 15 is 0 Å². The first kappa shape index (κ1) is 24.2. The number of aromatic nitrogens is 3. The van der Waals surface area contributed by atoms with Crippen molar-refractivity contribution in [3.63, 3.8) is 0 Å². The molecule has 0 spiro atoms. The fraction of sp³-hybridized carbons (Fsp3) is 0.375. The molecule has 32 heavy (non-hydrogen) atoms. The number of piperazine rings is 1. The lowest BCUT2D eigenvalue weighted by Crippen LogP contribution is -2.52. The average molecular weight is 545 g/mol. The smallest absolute Gasteiger partial charge is 0.194 e. The molecule has 0 amide bonds. The maximum atomic E-state index is 4.82. The lowest BCUT2D eigenvalue weighted by atomic mass is 10.0. The van der Waals surface area contributed by atoms with Crippen LogP contribution >= 0.6 is 24.0 Å². The van der Waals surface area contributed by atoms with Crippen molar-refractivity contribution in [2.45, 2.75) is 20.0 Å². The lowest BCUT2D eigenvalue weighted by Gasteiger charge is -2.36. The summed E-state index contributed by atoms with van der Waals surface area (Å²) in [4.78, 5) is 9.67. The first-order valence-electron chi connectivity index (χ1n) is 10.8. The van der Waals surface area contributed by atoms with Crippen LogP contribution in [0.4, 0.5) is 0 Å². The van der Waals surface area contributed by atoms with Crippen molar-refractivity contribution in [3.05, 3.63) is 72.3 Å². The molecule has 8 heteroatoms. The topological polar surface area (TPSA) is 61.6 Å². The van der Waals surface area contributed by atoms with Crippen LogP contribution in [0.25, 0.3) is 10.8 Å². The third-order valence-electron chi connectivity index (χ3n) is 5.90. The minimum absolute atomic E-state index is 0. The zero-order valence-corrected chi connectivity index (χ0v) is 21.2. The van der Waals surface area contributed by atoms with Crippen molar-refractivity contribution >= 4 is 40.7 Å². The molecule has 0 saturated carbocycles. The summed E-state index contributed by atoms with van der Waals surface area (Å²) in [6, 6.07) is 15.2. The van der Waals surface area contributed by atoms with Gasteiger partial charge >= 0.3 is 0 Å². The lowest BCUT2D eigenvalue weighted by molar-refractivity contribution is 0.173. The first-order chi connectivity index (χ1) is 15.2. The van der Waals surface area contributed by atoms with E-state index in [9.17, 15) is 0 Å². The van der Waals surface area contributed by atoms with Crippen LogP contribution in [0.3, 0.4) is 0 Å². The number of hydrogen-bond acceptors (Lipinski definition) is 4. The quantitative estimate of drug-likeness (QED) is 0.223. The standard InChI is InChI=1S/C24H31N7.HI/c1-4-12-25-24(26-17-23-28-27-19(2)29(23)3)31-15-13-30(14-16-31)18-21-10-7-9-20-8-5-6-11-22(20)21;/h4-11H,1,12-18H2,2-3H3,(H,25,26);1H. The van der Waals surface area contributed by atoms with E-state index in [1.807, 2.05) is 24.6 Å². The number of fused-ring (bicyclic) bond motifs is 1. The van der Waals surface area contributed by atoms with E-state index in [-0.39, 0.29) is 24.0 Å². The summed E-state index contributed by atoms with van der Waals surface area (Å²) in [5.41, 5.74) is 1.39. The van der Waals surface area contributed by atoms with Crippen LogP contribution in [0.2, 0.25) is 0 Å². The molecule has 0 unspecified atom stereocenters. The van der Waals surface area contributed by atoms with Gasteiger partial charge in [-0.2, -0.15) is 0 Å². The molecule has 0 radical (unpaired) electrons. The Morgan fingerprint density at radius 1 is 1.09 bits per heavy atom. The molecule has 0 atom stereocenters. The van der Waals surface area contributed by atoms with Gasteiger partial charge in [0, 0.05) is 46.3 Å². The van der Waals surface area contributed by atoms with Crippen LogP contribution in [-0.2, 0) is 20.1 Å². The Kier molecular flexibility index (Phi) is 8.63. The normalized spacial score (nSPS) is 14.9. The second-order valence-corrected chi connectivity index (χ2v) is 7.93. The van der Waals surface area contributed by atoms with Crippen molar-refractivity contribution in [1.82, 2.24) is 29.9 Å². The molecule has 7 nitrogen and oxygen atoms in total. The molecule has 1 aliphatic heterocycles. The summed E-state index contributed by atoms with van der Waals surface area (Å²) in [5, 5.41) is 14.4. The molecule has 0 aliphatic carbocycles. The van der Waals surface area contributed by atoms with Gasteiger partial charge in [-0.1, -0.05) is 48.5 Å². The van der Waals surface area contributed by atoms with E-state index in [0.717, 1.165) is 50.3 Å². The second-order valence-electron chi connectivity index (χ2n) is 7.93. The number of rotatable bonds is 6. The molecule has 4 rings (SSSR count). The number of nitrogens with zero attached hydrogens (tertiary/aromatic N) is 6. The molecule has 2 heterocycles. The van der Waals surface area contributed by atoms with Gasteiger partial charge in [0.1, 0.15) is 12.4 Å². The monoisotopic (exact) mass is 545 g/mol. The molecule has 1 saturated heterocycles. The van der Waals surface area contributed by atoms with Gasteiger partial charge in [-0.25, -0.2) is 4.99 Å². The molecule has 3 aromatic rings. The highest BCUT2D eigenvalue weighted by Gasteiger charge is 2.20. The van der Waals surface area contributed by atoms with Gasteiger partial charge in [0.2, 0.25) is 0 Å². The molecule has 0 bridgehead atoms. The summed E-state index contributed by atoms with van der Waals surface area (Å²) in [7, 11) is 1.98. The first-order valence-corrected chi connectivity index (χ1v) is 10.8. The van der Waals surface area contributed by atoms with Gasteiger partial charge in [0.15, 0.2) is 11.8 Å². The van der Waals surface area contributed by atoms with Gasteiger partial charge in [0.05, 0.1) is 0 Å². The predicted molar refractivity (Wildman–Crippen MR) is 141 cm³/mol. The highest BCUT2D eigenvalue weighted by Crippen LogP contribution is 2.20. The minimum Gasteiger partial charge on any atom is -0.353 e. The summed E-state index contributed by atoms with van der Waals surface area (Å²) in [5.74, 6) is 2.67. The number of hydrogen-bond donors (Lipinski definition) is 1.